The molecule has 0 N–H and O–H groups in total. The number of likely N-dealkylation sites (tertiary alicyclic amines) is 1. The molecule has 1 unspecified atom stereocenters. The minimum Gasteiger partial charge on any atom is -0.305 e. The number of piperidine rings is 1. The molecular formula is C18H19NO. The Bertz CT molecular complexity index is 576. The molecule has 2 heteroatoms. The monoisotopic (exact) mass is 265 g/mol. The number of amides is 1. The van der Waals surface area contributed by atoms with Gasteiger partial charge in [0.15, 0.2) is 0 Å². The van der Waals surface area contributed by atoms with Gasteiger partial charge in [-0.1, -0.05) is 30.2 Å². The van der Waals surface area contributed by atoms with Crippen LogP contribution in [0.1, 0.15) is 37.7 Å². The molecular weight excluding hydrogens is 246 g/mol. The van der Waals surface area contributed by atoms with Crippen LogP contribution >= 0.6 is 0 Å². The van der Waals surface area contributed by atoms with Gasteiger partial charge in [-0.15, -0.1) is 0 Å². The summed E-state index contributed by atoms with van der Waals surface area (Å²) in [7, 11) is 0. The highest BCUT2D eigenvalue weighted by atomic mass is 16.2. The Hall–Kier alpha value is -2.01. The van der Waals surface area contributed by atoms with Gasteiger partial charge in [0.1, 0.15) is 0 Å². The zero-order valence-electron chi connectivity index (χ0n) is 11.6. The van der Waals surface area contributed by atoms with Crippen molar-refractivity contribution in [1.29, 1.82) is 0 Å². The third-order valence-corrected chi connectivity index (χ3v) is 4.11. The summed E-state index contributed by atoms with van der Waals surface area (Å²) in [5, 5.41) is 0. The maximum Gasteiger partial charge on any atom is 0.302 e. The van der Waals surface area contributed by atoms with Crippen LogP contribution in [0.5, 0.6) is 0 Å². The van der Waals surface area contributed by atoms with E-state index in [-0.39, 0.29) is 5.91 Å². The topological polar surface area (TPSA) is 20.3 Å². The molecule has 2 aliphatic rings. The number of nitrogens with zero attached hydrogens (tertiary/aromatic N) is 1. The van der Waals surface area contributed by atoms with Crippen molar-refractivity contribution in [3.8, 4) is 11.8 Å². The largest absolute Gasteiger partial charge is 0.305 e. The van der Waals surface area contributed by atoms with Crippen molar-refractivity contribution in [3.05, 3.63) is 47.7 Å². The number of rotatable bonds is 0. The van der Waals surface area contributed by atoms with Gasteiger partial charge in [0.05, 0.1) is 0 Å². The molecule has 20 heavy (non-hydrogen) atoms. The van der Waals surface area contributed by atoms with Crippen LogP contribution in [-0.2, 0) is 4.79 Å². The molecule has 1 atom stereocenters. The maximum atomic E-state index is 12.3. The van der Waals surface area contributed by atoms with Crippen LogP contribution in [0, 0.1) is 17.8 Å². The van der Waals surface area contributed by atoms with E-state index < -0.39 is 0 Å². The van der Waals surface area contributed by atoms with Crippen LogP contribution in [0.4, 0.5) is 0 Å². The first-order chi connectivity index (χ1) is 9.84. The molecule has 2 nitrogen and oxygen atoms in total. The molecule has 1 fully saturated rings. The van der Waals surface area contributed by atoms with Crippen LogP contribution < -0.4 is 0 Å². The molecule has 1 heterocycles. The lowest BCUT2D eigenvalue weighted by atomic mass is 9.85. The summed E-state index contributed by atoms with van der Waals surface area (Å²) in [6.45, 7) is 0.824. The number of carbonyl (C=O) groups is 1. The van der Waals surface area contributed by atoms with E-state index in [1.54, 1.807) is 0 Å². The normalized spacial score (nSPS) is 21.3. The van der Waals surface area contributed by atoms with E-state index in [1.807, 2.05) is 35.2 Å². The summed E-state index contributed by atoms with van der Waals surface area (Å²) in [4.78, 5) is 14.2. The molecule has 0 radical (unpaired) electrons. The molecule has 0 aromatic heterocycles. The van der Waals surface area contributed by atoms with Crippen LogP contribution in [-0.4, -0.2) is 17.4 Å². The number of allylic oxidation sites excluding steroid dienone is 2. The van der Waals surface area contributed by atoms with Crippen molar-refractivity contribution >= 4 is 5.91 Å². The molecule has 1 aliphatic heterocycles. The zero-order valence-corrected chi connectivity index (χ0v) is 11.6. The average molecular weight is 265 g/mol. The second kappa shape index (κ2) is 5.96. The lowest BCUT2D eigenvalue weighted by molar-refractivity contribution is -0.124. The van der Waals surface area contributed by atoms with E-state index in [1.165, 1.54) is 25.0 Å². The van der Waals surface area contributed by atoms with Gasteiger partial charge in [0, 0.05) is 23.7 Å². The van der Waals surface area contributed by atoms with Crippen molar-refractivity contribution in [2.45, 2.75) is 32.1 Å². The van der Waals surface area contributed by atoms with Gasteiger partial charge < -0.3 is 4.90 Å². The van der Waals surface area contributed by atoms with Crippen molar-refractivity contribution in [1.82, 2.24) is 4.90 Å². The third-order valence-electron chi connectivity index (χ3n) is 4.11. The van der Waals surface area contributed by atoms with Gasteiger partial charge in [-0.05, 0) is 50.2 Å². The summed E-state index contributed by atoms with van der Waals surface area (Å²) in [5.74, 6) is 6.30. The Labute approximate surface area is 120 Å². The minimum absolute atomic E-state index is 0.0493. The standard InChI is InChI=1S/C18H19NO/c20-18(13-12-15-7-2-1-3-8-15)19-14-6-10-16-9-4-5-11-17(16)19/h1-3,7-8,11,16H,4-6,9-10,14H2. The molecule has 0 spiro atoms. The van der Waals surface area contributed by atoms with Crippen LogP contribution in [0.2, 0.25) is 0 Å². The average Bonchev–Trinajstić information content (AvgIpc) is 2.53. The number of benzene rings is 1. The number of hydrogen-bond donors (Lipinski definition) is 0. The minimum atomic E-state index is -0.0493. The van der Waals surface area contributed by atoms with Crippen molar-refractivity contribution in [2.75, 3.05) is 6.54 Å². The molecule has 1 amide bonds. The lowest BCUT2D eigenvalue weighted by Crippen LogP contribution is -2.38. The Kier molecular flexibility index (Phi) is 3.87. The van der Waals surface area contributed by atoms with Gasteiger partial charge in [-0.2, -0.15) is 0 Å². The van der Waals surface area contributed by atoms with Gasteiger partial charge in [0.2, 0.25) is 0 Å². The van der Waals surface area contributed by atoms with Crippen LogP contribution in [0.25, 0.3) is 0 Å². The fraction of sp³-hybridized carbons (Fsp3) is 0.389. The van der Waals surface area contributed by atoms with E-state index in [4.69, 9.17) is 0 Å². The predicted molar refractivity (Wildman–Crippen MR) is 79.7 cm³/mol. The Balaban J connectivity index is 1.77. The second-order valence-electron chi connectivity index (χ2n) is 5.47. The zero-order chi connectivity index (χ0) is 13.8. The first-order valence-electron chi connectivity index (χ1n) is 7.43. The Morgan fingerprint density at radius 2 is 1.95 bits per heavy atom. The molecule has 1 saturated heterocycles. The SMILES string of the molecule is O=C(C#Cc1ccccc1)N1CCCC2CCCC=C21. The second-order valence-corrected chi connectivity index (χ2v) is 5.47. The molecule has 1 aliphatic carbocycles. The summed E-state index contributed by atoms with van der Waals surface area (Å²) < 4.78 is 0. The first kappa shape index (κ1) is 13.0. The van der Waals surface area contributed by atoms with Crippen molar-refractivity contribution < 1.29 is 4.79 Å². The first-order valence-corrected chi connectivity index (χ1v) is 7.43. The van der Waals surface area contributed by atoms with Gasteiger partial charge in [0.25, 0.3) is 0 Å². The van der Waals surface area contributed by atoms with Gasteiger partial charge >= 0.3 is 5.91 Å². The number of carbonyl (C=O) groups excluding carboxylic acids is 1. The highest BCUT2D eigenvalue weighted by Gasteiger charge is 2.29. The van der Waals surface area contributed by atoms with Gasteiger partial charge in [-0.3, -0.25) is 4.79 Å². The fourth-order valence-corrected chi connectivity index (χ4v) is 3.11. The summed E-state index contributed by atoms with van der Waals surface area (Å²) >= 11 is 0. The van der Waals surface area contributed by atoms with E-state index in [0.29, 0.717) is 5.92 Å². The summed E-state index contributed by atoms with van der Waals surface area (Å²) in [5.41, 5.74) is 2.13. The third kappa shape index (κ3) is 2.77. The molecule has 0 bridgehead atoms. The number of hydrogen-bond acceptors (Lipinski definition) is 1. The van der Waals surface area contributed by atoms with Gasteiger partial charge in [-0.25, -0.2) is 0 Å². The summed E-state index contributed by atoms with van der Waals surface area (Å²) in [6.07, 6.45) is 8.15. The highest BCUT2D eigenvalue weighted by molar-refractivity contribution is 5.95. The smallest absolute Gasteiger partial charge is 0.302 e. The fourth-order valence-electron chi connectivity index (χ4n) is 3.11. The van der Waals surface area contributed by atoms with E-state index in [0.717, 1.165) is 24.9 Å². The Morgan fingerprint density at radius 3 is 2.80 bits per heavy atom. The Morgan fingerprint density at radius 1 is 1.15 bits per heavy atom. The molecule has 102 valence electrons. The number of fused-ring (bicyclic) bond motifs is 1. The highest BCUT2D eigenvalue weighted by Crippen LogP contribution is 2.34. The lowest BCUT2D eigenvalue weighted by Gasteiger charge is -2.36. The van der Waals surface area contributed by atoms with Crippen molar-refractivity contribution in [3.63, 3.8) is 0 Å². The van der Waals surface area contributed by atoms with E-state index in [9.17, 15) is 4.79 Å². The molecule has 0 saturated carbocycles. The quantitative estimate of drug-likeness (QED) is 0.659. The van der Waals surface area contributed by atoms with Crippen LogP contribution in [0.3, 0.4) is 0 Å². The van der Waals surface area contributed by atoms with Crippen LogP contribution in [0.15, 0.2) is 42.1 Å². The predicted octanol–water partition coefficient (Wildman–Crippen LogP) is 3.34. The molecule has 1 aromatic rings. The van der Waals surface area contributed by atoms with E-state index in [2.05, 4.69) is 17.9 Å². The van der Waals surface area contributed by atoms with Crippen molar-refractivity contribution in [2.24, 2.45) is 5.92 Å². The maximum absolute atomic E-state index is 12.3. The molecule has 3 rings (SSSR count). The summed E-state index contributed by atoms with van der Waals surface area (Å²) in [6, 6.07) is 9.69. The van der Waals surface area contributed by atoms with E-state index >= 15 is 0 Å². The molecule has 1 aromatic carbocycles.